The van der Waals surface area contributed by atoms with Crippen LogP contribution in [0.15, 0.2) is 40.7 Å². The first-order chi connectivity index (χ1) is 14.1. The quantitative estimate of drug-likeness (QED) is 0.534. The minimum Gasteiger partial charge on any atom is -0.471 e. The van der Waals surface area contributed by atoms with Crippen LogP contribution in [0.3, 0.4) is 0 Å². The Morgan fingerprint density at radius 1 is 1.43 bits per heavy atom. The van der Waals surface area contributed by atoms with Crippen LogP contribution in [0.2, 0.25) is 5.02 Å². The maximum absolute atomic E-state index is 13.1. The minimum absolute atomic E-state index is 0.0571. The molecule has 0 aliphatic carbocycles. The van der Waals surface area contributed by atoms with E-state index in [-0.39, 0.29) is 34.1 Å². The molecule has 0 radical (unpaired) electrons. The Kier molecular flexibility index (Phi) is 7.83. The number of pyridine rings is 1. The van der Waals surface area contributed by atoms with Gasteiger partial charge in [-0.15, -0.1) is 0 Å². The van der Waals surface area contributed by atoms with Crippen molar-refractivity contribution < 1.29 is 23.1 Å². The van der Waals surface area contributed by atoms with Gasteiger partial charge in [0.2, 0.25) is 5.88 Å². The van der Waals surface area contributed by atoms with Crippen LogP contribution >= 0.6 is 11.6 Å². The molecule has 2 atom stereocenters. The van der Waals surface area contributed by atoms with Gasteiger partial charge in [-0.2, -0.15) is 0 Å². The van der Waals surface area contributed by atoms with E-state index in [2.05, 4.69) is 16.7 Å². The molecule has 0 aromatic carbocycles. The summed E-state index contributed by atoms with van der Waals surface area (Å²) in [4.78, 5) is 35.1. The van der Waals surface area contributed by atoms with E-state index in [0.717, 1.165) is 0 Å². The summed E-state index contributed by atoms with van der Waals surface area (Å²) in [7, 11) is 0. The predicted octanol–water partition coefficient (Wildman–Crippen LogP) is 4.41. The summed E-state index contributed by atoms with van der Waals surface area (Å²) in [5, 5.41) is 0.0571. The molecule has 0 N–H and O–H groups in total. The molecule has 1 aliphatic heterocycles. The predicted molar refractivity (Wildman–Crippen MR) is 111 cm³/mol. The van der Waals surface area contributed by atoms with E-state index in [0.29, 0.717) is 11.1 Å². The summed E-state index contributed by atoms with van der Waals surface area (Å²) in [6.45, 7) is 9.64. The van der Waals surface area contributed by atoms with E-state index < -0.39 is 25.1 Å². The van der Waals surface area contributed by atoms with Gasteiger partial charge in [0.15, 0.2) is 12.4 Å². The number of alkyl halides is 2. The fourth-order valence-corrected chi connectivity index (χ4v) is 3.55. The largest absolute Gasteiger partial charge is 0.471 e. The molecule has 1 amide bonds. The van der Waals surface area contributed by atoms with Crippen LogP contribution in [0, 0.1) is 5.92 Å². The molecule has 0 saturated carbocycles. The summed E-state index contributed by atoms with van der Waals surface area (Å²) in [5.74, 6) is -0.842. The van der Waals surface area contributed by atoms with Crippen molar-refractivity contribution in [3.63, 3.8) is 0 Å². The lowest BCUT2D eigenvalue weighted by Gasteiger charge is -2.30. The normalized spacial score (nSPS) is 18.1. The first kappa shape index (κ1) is 23.7. The Hall–Kier alpha value is -2.61. The third kappa shape index (κ3) is 4.92. The van der Waals surface area contributed by atoms with E-state index >= 15 is 0 Å². The molecule has 2 rings (SSSR count). The zero-order valence-electron chi connectivity index (χ0n) is 17.2. The number of hydrogen-bond donors (Lipinski definition) is 0. The lowest BCUT2D eigenvalue weighted by atomic mass is 9.93. The first-order valence-corrected chi connectivity index (χ1v) is 9.77. The van der Waals surface area contributed by atoms with Crippen molar-refractivity contribution in [3.8, 4) is 5.88 Å². The van der Waals surface area contributed by atoms with Crippen molar-refractivity contribution in [1.82, 2.24) is 9.88 Å². The second kappa shape index (κ2) is 9.93. The SMILES string of the molecule is C=N/C=C\C1=C(C(=O)C(C)C)C(C)N(C(C)c2cnc(OCC(F)F)c(Cl)c2)C1=O. The van der Waals surface area contributed by atoms with Crippen LogP contribution in [-0.4, -0.2) is 47.4 Å². The number of rotatable bonds is 9. The summed E-state index contributed by atoms with van der Waals surface area (Å²) in [5.41, 5.74) is 1.27. The van der Waals surface area contributed by atoms with Crippen molar-refractivity contribution in [2.75, 3.05) is 6.61 Å². The lowest BCUT2D eigenvalue weighted by molar-refractivity contribution is -0.128. The lowest BCUT2D eigenvalue weighted by Crippen LogP contribution is -2.37. The zero-order valence-corrected chi connectivity index (χ0v) is 18.0. The number of ether oxygens (including phenoxy) is 1. The Labute approximate surface area is 179 Å². The highest BCUT2D eigenvalue weighted by atomic mass is 35.5. The van der Waals surface area contributed by atoms with Gasteiger partial charge in [0, 0.05) is 29.5 Å². The van der Waals surface area contributed by atoms with Gasteiger partial charge in [-0.3, -0.25) is 14.6 Å². The number of aromatic nitrogens is 1. The number of amides is 1. The van der Waals surface area contributed by atoms with Crippen LogP contribution in [0.25, 0.3) is 0 Å². The number of ketones is 1. The van der Waals surface area contributed by atoms with E-state index in [1.807, 2.05) is 0 Å². The van der Waals surface area contributed by atoms with Crippen molar-refractivity contribution in [1.29, 1.82) is 0 Å². The van der Waals surface area contributed by atoms with Crippen LogP contribution in [0.5, 0.6) is 5.88 Å². The smallest absolute Gasteiger partial charge is 0.272 e. The van der Waals surface area contributed by atoms with Crippen LogP contribution < -0.4 is 4.74 Å². The first-order valence-electron chi connectivity index (χ1n) is 9.39. The van der Waals surface area contributed by atoms with Crippen LogP contribution in [0.1, 0.15) is 39.3 Å². The van der Waals surface area contributed by atoms with Gasteiger partial charge in [0.05, 0.1) is 12.1 Å². The van der Waals surface area contributed by atoms with Crippen molar-refractivity contribution in [2.45, 2.75) is 46.2 Å². The maximum Gasteiger partial charge on any atom is 0.272 e. The number of hydrogen-bond acceptors (Lipinski definition) is 5. The fraction of sp³-hybridized carbons (Fsp3) is 0.429. The third-order valence-corrected chi connectivity index (χ3v) is 5.07. The maximum atomic E-state index is 13.1. The molecule has 0 bridgehead atoms. The zero-order chi connectivity index (χ0) is 22.6. The molecule has 1 aromatic rings. The van der Waals surface area contributed by atoms with Gasteiger partial charge in [-0.25, -0.2) is 13.8 Å². The number of carbonyl (C=O) groups excluding carboxylic acids is 2. The van der Waals surface area contributed by atoms with Crippen molar-refractivity contribution >= 4 is 30.0 Å². The van der Waals surface area contributed by atoms with Gasteiger partial charge >= 0.3 is 0 Å². The van der Waals surface area contributed by atoms with E-state index in [1.165, 1.54) is 24.5 Å². The van der Waals surface area contributed by atoms with Crippen molar-refractivity contribution in [2.24, 2.45) is 10.9 Å². The molecule has 30 heavy (non-hydrogen) atoms. The molecule has 9 heteroatoms. The third-order valence-electron chi connectivity index (χ3n) is 4.80. The highest BCUT2D eigenvalue weighted by Gasteiger charge is 2.41. The fourth-order valence-electron chi connectivity index (χ4n) is 3.32. The second-order valence-electron chi connectivity index (χ2n) is 7.17. The molecule has 0 saturated heterocycles. The molecular formula is C21H24ClF2N3O3. The molecule has 1 aromatic heterocycles. The van der Waals surface area contributed by atoms with Gasteiger partial charge < -0.3 is 9.64 Å². The molecule has 6 nitrogen and oxygen atoms in total. The average Bonchev–Trinajstić information content (AvgIpc) is 2.93. The molecule has 162 valence electrons. The number of halogens is 3. The highest BCUT2D eigenvalue weighted by molar-refractivity contribution is 6.31. The van der Waals surface area contributed by atoms with E-state index in [4.69, 9.17) is 16.3 Å². The molecule has 1 aliphatic rings. The van der Waals surface area contributed by atoms with Crippen molar-refractivity contribution in [3.05, 3.63) is 46.3 Å². The highest BCUT2D eigenvalue weighted by Crippen LogP contribution is 2.37. The average molecular weight is 440 g/mol. The van der Waals surface area contributed by atoms with Gasteiger partial charge in [-0.1, -0.05) is 25.4 Å². The number of carbonyl (C=O) groups is 2. The van der Waals surface area contributed by atoms with Gasteiger partial charge in [-0.05, 0) is 38.3 Å². The molecule has 0 fully saturated rings. The Bertz CT molecular complexity index is 899. The Morgan fingerprint density at radius 2 is 2.10 bits per heavy atom. The summed E-state index contributed by atoms with van der Waals surface area (Å²) < 4.78 is 29.6. The molecular weight excluding hydrogens is 416 g/mol. The van der Waals surface area contributed by atoms with Crippen LogP contribution in [-0.2, 0) is 9.59 Å². The standard InChI is InChI=1S/C21H24ClF2N3O3/c1-11(2)19(28)18-13(4)27(21(29)15(18)6-7-25-5)12(3)14-8-16(22)20(26-9-14)30-10-17(23)24/h6-9,11-13,17H,5,10H2,1-4H3/b7-6-. The van der Waals surface area contributed by atoms with Gasteiger partial charge in [0.25, 0.3) is 12.3 Å². The molecule has 2 unspecified atom stereocenters. The van der Waals surface area contributed by atoms with E-state index in [9.17, 15) is 18.4 Å². The van der Waals surface area contributed by atoms with E-state index in [1.54, 1.807) is 32.6 Å². The number of nitrogens with zero attached hydrogens (tertiary/aromatic N) is 3. The molecule has 0 spiro atoms. The van der Waals surface area contributed by atoms with Crippen LogP contribution in [0.4, 0.5) is 8.78 Å². The number of Topliss-reactive ketones (excluding diaryl/α,β-unsaturated/α-hetero) is 1. The second-order valence-corrected chi connectivity index (χ2v) is 7.57. The minimum atomic E-state index is -2.65. The van der Waals surface area contributed by atoms with Gasteiger partial charge in [0.1, 0.15) is 5.02 Å². The number of aliphatic imine (C=N–C) groups is 1. The summed E-state index contributed by atoms with van der Waals surface area (Å²) in [6.07, 6.45) is 1.63. The summed E-state index contributed by atoms with van der Waals surface area (Å²) >= 11 is 6.12. The molecule has 2 heterocycles. The Morgan fingerprint density at radius 3 is 2.63 bits per heavy atom. The monoisotopic (exact) mass is 439 g/mol. The Balaban J connectivity index is 2.36. The topological polar surface area (TPSA) is 71.9 Å². The summed E-state index contributed by atoms with van der Waals surface area (Å²) in [6, 6.07) is 0.544.